The molecule has 92 valence electrons. The van der Waals surface area contributed by atoms with E-state index in [0.29, 0.717) is 11.9 Å². The smallest absolute Gasteiger partial charge is 0.241 e. The van der Waals surface area contributed by atoms with Crippen LogP contribution in [0.2, 0.25) is 0 Å². The number of aromatic nitrogens is 3. The Balaban J connectivity index is 2.65. The van der Waals surface area contributed by atoms with Crippen molar-refractivity contribution in [1.29, 1.82) is 0 Å². The molecule has 17 heavy (non-hydrogen) atoms. The Labute approximate surface area is 109 Å². The van der Waals surface area contributed by atoms with Gasteiger partial charge in [0.1, 0.15) is 10.1 Å². The van der Waals surface area contributed by atoms with Gasteiger partial charge >= 0.3 is 0 Å². The van der Waals surface area contributed by atoms with Gasteiger partial charge in [-0.15, -0.1) is 0 Å². The van der Waals surface area contributed by atoms with Crippen molar-refractivity contribution in [2.75, 3.05) is 0 Å². The largest absolute Gasteiger partial charge is 0.473 e. The summed E-state index contributed by atoms with van der Waals surface area (Å²) in [6.07, 6.45) is 1.92. The molecule has 2 rings (SSSR count). The summed E-state index contributed by atoms with van der Waals surface area (Å²) >= 11 is 3.38. The second kappa shape index (κ2) is 4.64. The number of rotatable bonds is 3. The lowest BCUT2D eigenvalue weighted by Gasteiger charge is -2.14. The van der Waals surface area contributed by atoms with E-state index in [1.165, 1.54) is 0 Å². The molecule has 2 heterocycles. The Morgan fingerprint density at radius 1 is 1.29 bits per heavy atom. The van der Waals surface area contributed by atoms with Gasteiger partial charge in [0.15, 0.2) is 0 Å². The van der Waals surface area contributed by atoms with Crippen molar-refractivity contribution < 1.29 is 4.74 Å². The van der Waals surface area contributed by atoms with E-state index in [0.717, 1.165) is 15.6 Å². The molecule has 0 aromatic carbocycles. The summed E-state index contributed by atoms with van der Waals surface area (Å²) in [5.74, 6) is 0.635. The summed E-state index contributed by atoms with van der Waals surface area (Å²) in [5, 5.41) is 0. The number of hydrogen-bond acceptors (Lipinski definition) is 3. The van der Waals surface area contributed by atoms with Gasteiger partial charge in [-0.3, -0.25) is 0 Å². The molecule has 4 nitrogen and oxygen atoms in total. The highest BCUT2D eigenvalue weighted by Gasteiger charge is 2.15. The van der Waals surface area contributed by atoms with Crippen molar-refractivity contribution in [2.24, 2.45) is 0 Å². The zero-order chi connectivity index (χ0) is 12.6. The maximum Gasteiger partial charge on any atom is 0.241 e. The molecule has 2 aromatic heterocycles. The summed E-state index contributed by atoms with van der Waals surface area (Å²) < 4.78 is 8.58. The van der Waals surface area contributed by atoms with E-state index >= 15 is 0 Å². The Hall–Kier alpha value is -1.10. The lowest BCUT2D eigenvalue weighted by molar-refractivity contribution is 0.234. The van der Waals surface area contributed by atoms with Crippen LogP contribution in [0.1, 0.15) is 33.7 Å². The van der Waals surface area contributed by atoms with Gasteiger partial charge in [0.05, 0.1) is 17.9 Å². The summed E-state index contributed by atoms with van der Waals surface area (Å²) in [6, 6.07) is 2.24. The van der Waals surface area contributed by atoms with Crippen molar-refractivity contribution in [1.82, 2.24) is 14.5 Å². The Morgan fingerprint density at radius 3 is 2.59 bits per heavy atom. The quantitative estimate of drug-likeness (QED) is 0.813. The molecule has 0 spiro atoms. The average molecular weight is 298 g/mol. The van der Waals surface area contributed by atoms with Crippen molar-refractivity contribution in [3.63, 3.8) is 0 Å². The zero-order valence-electron chi connectivity index (χ0n) is 10.4. The molecule has 0 radical (unpaired) electrons. The highest BCUT2D eigenvalue weighted by atomic mass is 79.9. The second-order valence-corrected chi connectivity index (χ2v) is 5.34. The molecule has 0 fully saturated rings. The van der Waals surface area contributed by atoms with Crippen molar-refractivity contribution in [3.8, 4) is 5.88 Å². The topological polar surface area (TPSA) is 39.9 Å². The average Bonchev–Trinajstić information content (AvgIpc) is 2.59. The van der Waals surface area contributed by atoms with E-state index in [-0.39, 0.29) is 6.10 Å². The fourth-order valence-electron chi connectivity index (χ4n) is 1.69. The highest BCUT2D eigenvalue weighted by molar-refractivity contribution is 9.10. The van der Waals surface area contributed by atoms with Crippen molar-refractivity contribution in [3.05, 3.63) is 17.0 Å². The monoisotopic (exact) mass is 297 g/mol. The molecule has 0 aliphatic rings. The normalized spacial score (nSPS) is 11.7. The minimum Gasteiger partial charge on any atom is -0.473 e. The third-order valence-corrected chi connectivity index (χ3v) is 2.80. The third-order valence-electron chi connectivity index (χ3n) is 2.39. The van der Waals surface area contributed by atoms with E-state index in [2.05, 4.69) is 44.3 Å². The van der Waals surface area contributed by atoms with Gasteiger partial charge in [-0.2, -0.15) is 0 Å². The molecule has 0 saturated carbocycles. The fourth-order valence-corrected chi connectivity index (χ4v) is 2.07. The lowest BCUT2D eigenvalue weighted by Crippen LogP contribution is -2.09. The van der Waals surface area contributed by atoms with Gasteiger partial charge in [0.2, 0.25) is 5.88 Å². The number of halogens is 1. The summed E-state index contributed by atoms with van der Waals surface area (Å²) in [6.45, 7) is 8.21. The molecule has 0 aliphatic carbocycles. The number of hydrogen-bond donors (Lipinski definition) is 0. The lowest BCUT2D eigenvalue weighted by atomic mass is 10.3. The van der Waals surface area contributed by atoms with Crippen LogP contribution in [0.25, 0.3) is 11.0 Å². The number of ether oxygens (including phenoxy) is 1. The number of pyridine rings is 1. The van der Waals surface area contributed by atoms with Crippen LogP contribution in [0.5, 0.6) is 5.88 Å². The van der Waals surface area contributed by atoms with Gasteiger partial charge in [-0.05, 0) is 49.7 Å². The second-order valence-electron chi connectivity index (χ2n) is 4.53. The maximum absolute atomic E-state index is 5.76. The number of nitrogens with zero attached hydrogens (tertiary/aromatic N) is 3. The van der Waals surface area contributed by atoms with Gasteiger partial charge < -0.3 is 9.30 Å². The van der Waals surface area contributed by atoms with Crippen LogP contribution in [0.15, 0.2) is 17.0 Å². The molecular formula is C12H16BrN3O. The molecule has 0 N–H and O–H groups in total. The van der Waals surface area contributed by atoms with Crippen LogP contribution < -0.4 is 4.74 Å². The summed E-state index contributed by atoms with van der Waals surface area (Å²) in [5.41, 5.74) is 1.85. The van der Waals surface area contributed by atoms with Crippen LogP contribution in [-0.4, -0.2) is 20.6 Å². The molecule has 0 atom stereocenters. The number of imidazole rings is 1. The SMILES string of the molecule is CC(C)Oc1nc(Br)cc2ncn(C(C)C)c12. The molecular weight excluding hydrogens is 282 g/mol. The molecule has 0 amide bonds. The van der Waals surface area contributed by atoms with Gasteiger partial charge in [-0.1, -0.05) is 0 Å². The summed E-state index contributed by atoms with van der Waals surface area (Å²) in [7, 11) is 0. The van der Waals surface area contributed by atoms with Gasteiger partial charge in [0.25, 0.3) is 0 Å². The predicted molar refractivity (Wildman–Crippen MR) is 71.4 cm³/mol. The molecule has 5 heteroatoms. The Morgan fingerprint density at radius 2 is 2.00 bits per heavy atom. The third kappa shape index (κ3) is 2.44. The van der Waals surface area contributed by atoms with Gasteiger partial charge in [0, 0.05) is 6.04 Å². The van der Waals surface area contributed by atoms with Crippen LogP contribution >= 0.6 is 15.9 Å². The molecule has 0 unspecified atom stereocenters. The van der Waals surface area contributed by atoms with Crippen LogP contribution in [-0.2, 0) is 0 Å². The minimum atomic E-state index is 0.0931. The molecule has 2 aromatic rings. The van der Waals surface area contributed by atoms with E-state index in [1.807, 2.05) is 26.2 Å². The predicted octanol–water partition coefficient (Wildman–Crippen LogP) is 3.56. The molecule has 0 bridgehead atoms. The fraction of sp³-hybridized carbons (Fsp3) is 0.500. The minimum absolute atomic E-state index is 0.0931. The van der Waals surface area contributed by atoms with E-state index < -0.39 is 0 Å². The maximum atomic E-state index is 5.76. The first kappa shape index (κ1) is 12.4. The Kier molecular flexibility index (Phi) is 3.38. The standard InChI is InChI=1S/C12H16BrN3O/c1-7(2)16-6-14-9-5-10(13)15-12(11(9)16)17-8(3)4/h5-8H,1-4H3. The van der Waals surface area contributed by atoms with E-state index in [9.17, 15) is 0 Å². The first-order valence-corrected chi connectivity index (χ1v) is 6.48. The number of fused-ring (bicyclic) bond motifs is 1. The first-order chi connectivity index (χ1) is 7.99. The van der Waals surface area contributed by atoms with E-state index in [4.69, 9.17) is 4.74 Å². The molecule has 0 saturated heterocycles. The summed E-state index contributed by atoms with van der Waals surface area (Å²) in [4.78, 5) is 8.77. The van der Waals surface area contributed by atoms with Crippen LogP contribution in [0.3, 0.4) is 0 Å². The molecule has 0 aliphatic heterocycles. The van der Waals surface area contributed by atoms with E-state index in [1.54, 1.807) is 0 Å². The van der Waals surface area contributed by atoms with Crippen LogP contribution in [0, 0.1) is 0 Å². The highest BCUT2D eigenvalue weighted by Crippen LogP contribution is 2.28. The first-order valence-electron chi connectivity index (χ1n) is 5.68. The Bertz CT molecular complexity index is 534. The van der Waals surface area contributed by atoms with Crippen molar-refractivity contribution >= 4 is 27.0 Å². The zero-order valence-corrected chi connectivity index (χ0v) is 12.0. The van der Waals surface area contributed by atoms with Crippen molar-refractivity contribution in [2.45, 2.75) is 39.8 Å². The van der Waals surface area contributed by atoms with Crippen LogP contribution in [0.4, 0.5) is 0 Å². The van der Waals surface area contributed by atoms with Gasteiger partial charge in [-0.25, -0.2) is 9.97 Å².